The van der Waals surface area contributed by atoms with Crippen LogP contribution in [0.25, 0.3) is 0 Å². The fourth-order valence-corrected chi connectivity index (χ4v) is 5.20. The van der Waals surface area contributed by atoms with E-state index in [4.69, 9.17) is 0 Å². The second-order valence-electron chi connectivity index (χ2n) is 7.35. The molecular weight excluding hydrogens is 310 g/mol. The van der Waals surface area contributed by atoms with Gasteiger partial charge in [0.2, 0.25) is 5.91 Å². The summed E-state index contributed by atoms with van der Waals surface area (Å²) >= 11 is 0. The predicted molar refractivity (Wildman–Crippen MR) is 91.9 cm³/mol. The van der Waals surface area contributed by atoms with E-state index in [9.17, 15) is 13.2 Å². The van der Waals surface area contributed by atoms with E-state index >= 15 is 0 Å². The lowest BCUT2D eigenvalue weighted by atomic mass is 9.86. The number of amides is 1. The van der Waals surface area contributed by atoms with Crippen LogP contribution in [0.4, 0.5) is 5.69 Å². The van der Waals surface area contributed by atoms with Gasteiger partial charge < -0.3 is 5.32 Å². The maximum Gasteiger partial charge on any atom is 0.224 e. The van der Waals surface area contributed by atoms with E-state index < -0.39 is 9.84 Å². The summed E-state index contributed by atoms with van der Waals surface area (Å²) in [5, 5.41) is 2.99. The van der Waals surface area contributed by atoms with E-state index in [0.29, 0.717) is 12.3 Å². The van der Waals surface area contributed by atoms with Gasteiger partial charge in [-0.05, 0) is 61.1 Å². The fraction of sp³-hybridized carbons (Fsp3) is 0.611. The number of nitrogens with one attached hydrogen (secondary N) is 1. The Morgan fingerprint density at radius 1 is 1.26 bits per heavy atom. The summed E-state index contributed by atoms with van der Waals surface area (Å²) in [6, 6.07) is 5.46. The Hall–Kier alpha value is -1.36. The van der Waals surface area contributed by atoms with Gasteiger partial charge in [-0.2, -0.15) is 0 Å². The molecule has 2 saturated carbocycles. The molecule has 0 aliphatic heterocycles. The number of carbonyl (C=O) groups excluding carboxylic acids is 1. The first kappa shape index (κ1) is 16.5. The van der Waals surface area contributed by atoms with Gasteiger partial charge in [0.15, 0.2) is 9.84 Å². The summed E-state index contributed by atoms with van der Waals surface area (Å²) in [5.41, 5.74) is 2.34. The molecule has 0 unspecified atom stereocenters. The van der Waals surface area contributed by atoms with Crippen LogP contribution in [-0.2, 0) is 20.4 Å². The molecule has 1 aromatic carbocycles. The lowest BCUT2D eigenvalue weighted by Crippen LogP contribution is -2.21. The minimum absolute atomic E-state index is 0.00885. The Bertz CT molecular complexity index is 711. The minimum atomic E-state index is -3.08. The number of anilines is 1. The van der Waals surface area contributed by atoms with Crippen LogP contribution in [0, 0.1) is 24.7 Å². The van der Waals surface area contributed by atoms with Crippen molar-refractivity contribution in [2.24, 2.45) is 17.8 Å². The smallest absolute Gasteiger partial charge is 0.224 e. The average Bonchev–Trinajstić information content (AvgIpc) is 3.04. The van der Waals surface area contributed by atoms with Crippen molar-refractivity contribution in [1.29, 1.82) is 0 Å². The lowest BCUT2D eigenvalue weighted by molar-refractivity contribution is -0.117. The van der Waals surface area contributed by atoms with E-state index in [2.05, 4.69) is 5.32 Å². The Morgan fingerprint density at radius 3 is 2.65 bits per heavy atom. The van der Waals surface area contributed by atoms with Crippen molar-refractivity contribution in [3.8, 4) is 0 Å². The molecule has 1 aromatic rings. The Balaban J connectivity index is 1.65. The maximum absolute atomic E-state index is 12.4. The van der Waals surface area contributed by atoms with E-state index in [1.165, 1.54) is 31.9 Å². The molecule has 0 radical (unpaired) electrons. The molecule has 3 atom stereocenters. The Kier molecular flexibility index (Phi) is 4.50. The third-order valence-corrected chi connectivity index (χ3v) is 6.31. The summed E-state index contributed by atoms with van der Waals surface area (Å²) in [7, 11) is -3.08. The van der Waals surface area contributed by atoms with Crippen molar-refractivity contribution in [2.75, 3.05) is 11.6 Å². The number of hydrogen-bond donors (Lipinski definition) is 1. The van der Waals surface area contributed by atoms with E-state index in [1.54, 1.807) is 6.07 Å². The zero-order valence-electron chi connectivity index (χ0n) is 13.8. The topological polar surface area (TPSA) is 63.2 Å². The van der Waals surface area contributed by atoms with Crippen molar-refractivity contribution >= 4 is 21.4 Å². The van der Waals surface area contributed by atoms with Crippen LogP contribution in [-0.4, -0.2) is 20.6 Å². The molecule has 4 nitrogen and oxygen atoms in total. The van der Waals surface area contributed by atoms with Crippen molar-refractivity contribution in [3.63, 3.8) is 0 Å². The summed E-state index contributed by atoms with van der Waals surface area (Å²) in [6.45, 7) is 1.87. The molecule has 2 aliphatic carbocycles. The van der Waals surface area contributed by atoms with Gasteiger partial charge >= 0.3 is 0 Å². The zero-order valence-corrected chi connectivity index (χ0v) is 14.7. The van der Waals surface area contributed by atoms with Crippen molar-refractivity contribution in [2.45, 2.75) is 44.8 Å². The van der Waals surface area contributed by atoms with Gasteiger partial charge in [-0.25, -0.2) is 8.42 Å². The zero-order chi connectivity index (χ0) is 16.6. The van der Waals surface area contributed by atoms with Gasteiger partial charge in [0.05, 0.1) is 5.75 Å². The summed E-state index contributed by atoms with van der Waals surface area (Å²) < 4.78 is 23.0. The normalized spacial score (nSPS) is 26.4. The van der Waals surface area contributed by atoms with E-state index in [-0.39, 0.29) is 11.7 Å². The molecule has 0 spiro atoms. The van der Waals surface area contributed by atoms with Crippen molar-refractivity contribution < 1.29 is 13.2 Å². The summed E-state index contributed by atoms with van der Waals surface area (Å²) in [5.74, 6) is 2.19. The molecule has 1 N–H and O–H groups in total. The van der Waals surface area contributed by atoms with Crippen LogP contribution in [0.1, 0.15) is 43.2 Å². The number of hydrogen-bond acceptors (Lipinski definition) is 3. The van der Waals surface area contributed by atoms with E-state index in [1.807, 2.05) is 19.1 Å². The van der Waals surface area contributed by atoms with Crippen LogP contribution < -0.4 is 5.32 Å². The first-order chi connectivity index (χ1) is 10.8. The van der Waals surface area contributed by atoms with Crippen LogP contribution in [0.2, 0.25) is 0 Å². The quantitative estimate of drug-likeness (QED) is 0.898. The third kappa shape index (κ3) is 3.94. The predicted octanol–water partition coefficient (Wildman–Crippen LogP) is 3.30. The number of sulfone groups is 1. The Morgan fingerprint density at radius 2 is 2.04 bits per heavy atom. The molecule has 0 heterocycles. The molecule has 0 saturated heterocycles. The average molecular weight is 335 g/mol. The second-order valence-corrected chi connectivity index (χ2v) is 9.49. The van der Waals surface area contributed by atoms with Crippen molar-refractivity contribution in [3.05, 3.63) is 29.3 Å². The molecule has 0 aromatic heterocycles. The molecule has 2 bridgehead atoms. The first-order valence-corrected chi connectivity index (χ1v) is 10.4. The Labute approximate surface area is 138 Å². The van der Waals surface area contributed by atoms with Gasteiger partial charge in [-0.3, -0.25) is 4.79 Å². The van der Waals surface area contributed by atoms with Gasteiger partial charge in [-0.15, -0.1) is 0 Å². The molecule has 126 valence electrons. The van der Waals surface area contributed by atoms with Gasteiger partial charge in [-0.1, -0.05) is 18.6 Å². The number of benzene rings is 1. The number of rotatable bonds is 5. The maximum atomic E-state index is 12.4. The molecular formula is C18H25NO3S. The summed E-state index contributed by atoms with van der Waals surface area (Å²) in [6.07, 6.45) is 6.96. The highest BCUT2D eigenvalue weighted by Gasteiger charge is 2.40. The molecule has 23 heavy (non-hydrogen) atoms. The largest absolute Gasteiger partial charge is 0.326 e. The molecule has 5 heteroatoms. The van der Waals surface area contributed by atoms with Gasteiger partial charge in [0.1, 0.15) is 0 Å². The van der Waals surface area contributed by atoms with E-state index in [0.717, 1.165) is 28.7 Å². The highest BCUT2D eigenvalue weighted by molar-refractivity contribution is 7.89. The number of fused-ring (bicyclic) bond motifs is 2. The molecule has 2 fully saturated rings. The number of carbonyl (C=O) groups is 1. The standard InChI is InChI=1S/C18H25NO3S/c1-12-15(11-23(2,21)22)4-3-5-17(12)19-18(20)10-16-9-13-6-7-14(16)8-13/h3-5,13-14,16H,6-11H2,1-2H3,(H,19,20)/t13-,14-,16-/m0/s1. The van der Waals surface area contributed by atoms with Crippen LogP contribution in [0.15, 0.2) is 18.2 Å². The van der Waals surface area contributed by atoms with Crippen LogP contribution >= 0.6 is 0 Å². The highest BCUT2D eigenvalue weighted by atomic mass is 32.2. The summed E-state index contributed by atoms with van der Waals surface area (Å²) in [4.78, 5) is 12.4. The second kappa shape index (κ2) is 6.27. The van der Waals surface area contributed by atoms with Crippen LogP contribution in [0.3, 0.4) is 0 Å². The molecule has 3 rings (SSSR count). The molecule has 2 aliphatic rings. The minimum Gasteiger partial charge on any atom is -0.326 e. The van der Waals surface area contributed by atoms with Crippen molar-refractivity contribution in [1.82, 2.24) is 0 Å². The highest BCUT2D eigenvalue weighted by Crippen LogP contribution is 2.49. The van der Waals surface area contributed by atoms with Gasteiger partial charge in [0.25, 0.3) is 0 Å². The lowest BCUT2D eigenvalue weighted by Gasteiger charge is -2.21. The fourth-order valence-electron chi connectivity index (χ4n) is 4.32. The first-order valence-electron chi connectivity index (χ1n) is 8.38. The third-order valence-electron chi connectivity index (χ3n) is 5.47. The van der Waals surface area contributed by atoms with Crippen LogP contribution in [0.5, 0.6) is 0 Å². The van der Waals surface area contributed by atoms with Gasteiger partial charge in [0, 0.05) is 18.4 Å². The molecule has 1 amide bonds. The SMILES string of the molecule is Cc1c(CS(C)(=O)=O)cccc1NC(=O)C[C@@H]1C[C@H]2CC[C@H]1C2. The monoisotopic (exact) mass is 335 g/mol.